The van der Waals surface area contributed by atoms with Crippen molar-refractivity contribution in [3.8, 4) is 0 Å². The number of benzene rings is 1. The summed E-state index contributed by atoms with van der Waals surface area (Å²) in [5.74, 6) is 0.889. The van der Waals surface area contributed by atoms with Gasteiger partial charge in [0, 0.05) is 23.7 Å². The van der Waals surface area contributed by atoms with E-state index < -0.39 is 0 Å². The van der Waals surface area contributed by atoms with E-state index in [0.717, 1.165) is 22.0 Å². The fourth-order valence-corrected chi connectivity index (χ4v) is 2.18. The predicted octanol–water partition coefficient (Wildman–Crippen LogP) is 2.17. The summed E-state index contributed by atoms with van der Waals surface area (Å²) in [5.41, 5.74) is 8.37. The van der Waals surface area contributed by atoms with Gasteiger partial charge in [0.2, 0.25) is 0 Å². The maximum Gasteiger partial charge on any atom is 0.187 e. The van der Waals surface area contributed by atoms with Crippen molar-refractivity contribution in [3.63, 3.8) is 0 Å². The number of aromatic nitrogens is 2. The lowest BCUT2D eigenvalue weighted by molar-refractivity contribution is 0.318. The Morgan fingerprint density at radius 1 is 1.26 bits per heavy atom. The van der Waals surface area contributed by atoms with Crippen molar-refractivity contribution in [2.75, 3.05) is 0 Å². The highest BCUT2D eigenvalue weighted by molar-refractivity contribution is 7.98. The summed E-state index contributed by atoms with van der Waals surface area (Å²) in [6.45, 7) is 1.96. The second-order valence-corrected chi connectivity index (χ2v) is 4.96. The molecule has 0 radical (unpaired) electrons. The van der Waals surface area contributed by atoms with E-state index in [1.165, 1.54) is 0 Å². The smallest absolute Gasteiger partial charge is 0.187 e. The second-order valence-electron chi connectivity index (χ2n) is 4.01. The molecule has 2 aromatic rings. The van der Waals surface area contributed by atoms with Gasteiger partial charge in [-0.15, -0.1) is 0 Å². The summed E-state index contributed by atoms with van der Waals surface area (Å²) in [5, 5.41) is 12.3. The van der Waals surface area contributed by atoms with Crippen LogP contribution in [0.5, 0.6) is 0 Å². The highest BCUT2D eigenvalue weighted by Crippen LogP contribution is 2.19. The van der Waals surface area contributed by atoms with E-state index in [9.17, 15) is 0 Å². The third-order valence-electron chi connectivity index (χ3n) is 2.48. The number of nitrogens with zero attached hydrogens (tertiary/aromatic N) is 3. The molecule has 0 saturated carbocycles. The second kappa shape index (κ2) is 6.19. The molecule has 0 fully saturated rings. The zero-order valence-corrected chi connectivity index (χ0v) is 11.3. The molecule has 0 aliphatic rings. The first-order valence-corrected chi connectivity index (χ1v) is 6.66. The third kappa shape index (κ3) is 3.69. The van der Waals surface area contributed by atoms with Crippen molar-refractivity contribution < 1.29 is 5.21 Å². The van der Waals surface area contributed by atoms with Crippen LogP contribution < -0.4 is 5.73 Å². The lowest BCUT2D eigenvalue weighted by Crippen LogP contribution is -2.12. The Morgan fingerprint density at radius 2 is 1.89 bits per heavy atom. The molecule has 1 heterocycles. The fraction of sp³-hybridized carbons (Fsp3) is 0.154. The summed E-state index contributed by atoms with van der Waals surface area (Å²) in [6, 6.07) is 7.52. The summed E-state index contributed by atoms with van der Waals surface area (Å²) in [6.07, 6.45) is 3.60. The van der Waals surface area contributed by atoms with Gasteiger partial charge < -0.3 is 10.9 Å². The Morgan fingerprint density at radius 3 is 2.47 bits per heavy atom. The van der Waals surface area contributed by atoms with E-state index in [0.29, 0.717) is 5.56 Å². The number of rotatable bonds is 4. The van der Waals surface area contributed by atoms with Crippen LogP contribution in [0, 0.1) is 6.92 Å². The molecule has 0 aliphatic carbocycles. The molecule has 0 bridgehead atoms. The maximum atomic E-state index is 8.57. The van der Waals surface area contributed by atoms with Crippen LogP contribution in [0.3, 0.4) is 0 Å². The van der Waals surface area contributed by atoms with Crippen LogP contribution in [0.2, 0.25) is 0 Å². The molecule has 1 aromatic heterocycles. The molecule has 0 aliphatic heterocycles. The largest absolute Gasteiger partial charge is 0.409 e. The first-order chi connectivity index (χ1) is 9.19. The molecule has 0 unspecified atom stereocenters. The topological polar surface area (TPSA) is 84.4 Å². The van der Waals surface area contributed by atoms with Gasteiger partial charge in [0.25, 0.3) is 0 Å². The maximum absolute atomic E-state index is 8.57. The minimum Gasteiger partial charge on any atom is -0.409 e. The third-order valence-corrected chi connectivity index (χ3v) is 3.43. The molecule has 3 N–H and O–H groups in total. The Kier molecular flexibility index (Phi) is 4.35. The van der Waals surface area contributed by atoms with E-state index in [1.54, 1.807) is 24.2 Å². The van der Waals surface area contributed by atoms with Crippen LogP contribution in [-0.2, 0) is 5.75 Å². The first-order valence-electron chi connectivity index (χ1n) is 5.67. The first kappa shape index (κ1) is 13.4. The Bertz CT molecular complexity index is 566. The monoisotopic (exact) mass is 274 g/mol. The number of aryl methyl sites for hydroxylation is 1. The Hall–Kier alpha value is -2.08. The van der Waals surface area contributed by atoms with Crippen LogP contribution in [-0.4, -0.2) is 21.0 Å². The number of oxime groups is 1. The van der Waals surface area contributed by atoms with E-state index >= 15 is 0 Å². The molecular weight excluding hydrogens is 260 g/mol. The van der Waals surface area contributed by atoms with E-state index in [4.69, 9.17) is 10.9 Å². The van der Waals surface area contributed by atoms with Gasteiger partial charge in [-0.25, -0.2) is 9.97 Å². The molecule has 98 valence electrons. The molecule has 5 nitrogen and oxygen atoms in total. The SMILES string of the molecule is Cc1cnc(SCc2ccc(/C(N)=N/O)cc2)nc1. The van der Waals surface area contributed by atoms with Gasteiger partial charge >= 0.3 is 0 Å². The molecule has 1 aromatic carbocycles. The number of amidine groups is 1. The zero-order chi connectivity index (χ0) is 13.7. The molecule has 0 saturated heterocycles. The molecule has 6 heteroatoms. The van der Waals surface area contributed by atoms with E-state index in [1.807, 2.05) is 31.2 Å². The summed E-state index contributed by atoms with van der Waals surface area (Å²) in [4.78, 5) is 8.46. The van der Waals surface area contributed by atoms with Gasteiger partial charge in [-0.1, -0.05) is 41.2 Å². The standard InChI is InChI=1S/C13H14N4OS/c1-9-6-15-13(16-7-9)19-8-10-2-4-11(5-3-10)12(14)17-18/h2-7,18H,8H2,1H3,(H2,14,17). The van der Waals surface area contributed by atoms with E-state index in [-0.39, 0.29) is 5.84 Å². The van der Waals surface area contributed by atoms with Crippen LogP contribution in [0.4, 0.5) is 0 Å². The van der Waals surface area contributed by atoms with Crippen molar-refractivity contribution in [2.45, 2.75) is 17.8 Å². The number of thioether (sulfide) groups is 1. The molecule has 19 heavy (non-hydrogen) atoms. The van der Waals surface area contributed by atoms with Gasteiger partial charge in [-0.3, -0.25) is 0 Å². The van der Waals surface area contributed by atoms with E-state index in [2.05, 4.69) is 15.1 Å². The number of nitrogens with two attached hydrogens (primary N) is 1. The van der Waals surface area contributed by atoms with Crippen molar-refractivity contribution in [1.29, 1.82) is 0 Å². The van der Waals surface area contributed by atoms with Crippen LogP contribution >= 0.6 is 11.8 Å². The molecule has 0 atom stereocenters. The fourth-order valence-electron chi connectivity index (χ4n) is 1.43. The Labute approximate surface area is 115 Å². The van der Waals surface area contributed by atoms with Crippen LogP contribution in [0.1, 0.15) is 16.7 Å². The Balaban J connectivity index is 1.98. The molecular formula is C13H14N4OS. The van der Waals surface area contributed by atoms with Crippen molar-refractivity contribution in [3.05, 3.63) is 53.3 Å². The average molecular weight is 274 g/mol. The van der Waals surface area contributed by atoms with Gasteiger partial charge in [0.05, 0.1) is 0 Å². The van der Waals surface area contributed by atoms with Crippen LogP contribution in [0.25, 0.3) is 0 Å². The van der Waals surface area contributed by atoms with Crippen LogP contribution in [0.15, 0.2) is 47.0 Å². The minimum atomic E-state index is 0.112. The predicted molar refractivity (Wildman–Crippen MR) is 75.3 cm³/mol. The molecule has 0 spiro atoms. The van der Waals surface area contributed by atoms with Gasteiger partial charge in [0.1, 0.15) is 0 Å². The quantitative estimate of drug-likeness (QED) is 0.223. The lowest BCUT2D eigenvalue weighted by Gasteiger charge is -2.03. The minimum absolute atomic E-state index is 0.112. The highest BCUT2D eigenvalue weighted by Gasteiger charge is 2.01. The summed E-state index contributed by atoms with van der Waals surface area (Å²) in [7, 11) is 0. The molecule has 2 rings (SSSR count). The van der Waals surface area contributed by atoms with Gasteiger partial charge in [-0.2, -0.15) is 0 Å². The zero-order valence-electron chi connectivity index (χ0n) is 10.4. The van der Waals surface area contributed by atoms with Gasteiger partial charge in [0.15, 0.2) is 11.0 Å². The molecule has 0 amide bonds. The highest BCUT2D eigenvalue weighted by atomic mass is 32.2. The van der Waals surface area contributed by atoms with Crippen molar-refractivity contribution in [2.24, 2.45) is 10.9 Å². The van der Waals surface area contributed by atoms with Crippen molar-refractivity contribution >= 4 is 17.6 Å². The lowest BCUT2D eigenvalue weighted by atomic mass is 10.1. The number of hydrogen-bond donors (Lipinski definition) is 2. The number of hydrogen-bond acceptors (Lipinski definition) is 5. The van der Waals surface area contributed by atoms with Crippen molar-refractivity contribution in [1.82, 2.24) is 9.97 Å². The average Bonchev–Trinajstić information content (AvgIpc) is 2.46. The van der Waals surface area contributed by atoms with Gasteiger partial charge in [-0.05, 0) is 18.1 Å². The normalized spacial score (nSPS) is 11.5. The summed E-state index contributed by atoms with van der Waals surface area (Å²) < 4.78 is 0. The summed E-state index contributed by atoms with van der Waals surface area (Å²) >= 11 is 1.57.